The summed E-state index contributed by atoms with van der Waals surface area (Å²) in [5.41, 5.74) is 1.44. The Kier molecular flexibility index (Phi) is 3.80. The third-order valence-electron chi connectivity index (χ3n) is 2.84. The van der Waals surface area contributed by atoms with Crippen molar-refractivity contribution in [3.05, 3.63) is 41.0 Å². The van der Waals surface area contributed by atoms with Gasteiger partial charge in [0.15, 0.2) is 0 Å². The average Bonchev–Trinajstić information content (AvgIpc) is 2.44. The Hall–Kier alpha value is -2.68. The second kappa shape index (κ2) is 5.53. The minimum absolute atomic E-state index is 0.00716. The minimum atomic E-state index is -0.537. The Bertz CT molecular complexity index is 691. The normalized spacial score (nSPS) is 9.95. The van der Waals surface area contributed by atoms with Crippen molar-refractivity contribution in [3.63, 3.8) is 0 Å². The van der Waals surface area contributed by atoms with E-state index in [-0.39, 0.29) is 5.56 Å². The van der Waals surface area contributed by atoms with Gasteiger partial charge in [-0.15, -0.1) is 0 Å². The zero-order chi connectivity index (χ0) is 14.7. The van der Waals surface area contributed by atoms with Gasteiger partial charge in [0.25, 0.3) is 0 Å². The Morgan fingerprint density at radius 3 is 2.55 bits per heavy atom. The van der Waals surface area contributed by atoms with Gasteiger partial charge in [-0.25, -0.2) is 14.4 Å². The van der Waals surface area contributed by atoms with E-state index in [4.69, 9.17) is 5.26 Å². The first-order chi connectivity index (χ1) is 9.55. The second-order valence-electron chi connectivity index (χ2n) is 4.27. The van der Waals surface area contributed by atoms with Crippen molar-refractivity contribution in [2.75, 3.05) is 17.7 Å². The van der Waals surface area contributed by atoms with Crippen molar-refractivity contribution < 1.29 is 4.39 Å². The molecule has 0 saturated carbocycles. The van der Waals surface area contributed by atoms with Gasteiger partial charge in [0.2, 0.25) is 0 Å². The summed E-state index contributed by atoms with van der Waals surface area (Å²) in [5.74, 6) is 1.43. The van der Waals surface area contributed by atoms with Crippen LogP contribution in [0.3, 0.4) is 0 Å². The maximum absolute atomic E-state index is 13.3. The van der Waals surface area contributed by atoms with Crippen LogP contribution in [0.5, 0.6) is 0 Å². The molecule has 0 saturated heterocycles. The second-order valence-corrected chi connectivity index (χ2v) is 4.27. The summed E-state index contributed by atoms with van der Waals surface area (Å²) >= 11 is 0. The molecular formula is C14H14FN5. The number of hydrogen-bond acceptors (Lipinski definition) is 5. The first-order valence-electron chi connectivity index (χ1n) is 6.05. The zero-order valence-electron chi connectivity index (χ0n) is 11.5. The summed E-state index contributed by atoms with van der Waals surface area (Å²) in [5, 5.41) is 14.9. The Morgan fingerprint density at radius 1 is 1.20 bits per heavy atom. The quantitative estimate of drug-likeness (QED) is 0.898. The fraction of sp³-hybridized carbons (Fsp3) is 0.214. The lowest BCUT2D eigenvalue weighted by Gasteiger charge is -2.12. The highest BCUT2D eigenvalue weighted by atomic mass is 19.1. The molecule has 0 aliphatic rings. The SMILES string of the molecule is CNc1nc(C)nc(Nc2ccc(F)c(C#N)c2)c1C. The fourth-order valence-corrected chi connectivity index (χ4v) is 1.82. The van der Waals surface area contributed by atoms with Crippen LogP contribution in [-0.2, 0) is 0 Å². The topological polar surface area (TPSA) is 73.6 Å². The van der Waals surface area contributed by atoms with E-state index in [1.165, 1.54) is 12.1 Å². The van der Waals surface area contributed by atoms with Gasteiger partial charge in [0, 0.05) is 18.3 Å². The van der Waals surface area contributed by atoms with Crippen LogP contribution in [0.1, 0.15) is 17.0 Å². The number of aromatic nitrogens is 2. The number of rotatable bonds is 3. The summed E-state index contributed by atoms with van der Waals surface area (Å²) < 4.78 is 13.3. The number of nitrogens with zero attached hydrogens (tertiary/aromatic N) is 3. The van der Waals surface area contributed by atoms with E-state index in [0.717, 1.165) is 11.4 Å². The molecule has 0 aliphatic heterocycles. The van der Waals surface area contributed by atoms with E-state index in [0.29, 0.717) is 17.3 Å². The Morgan fingerprint density at radius 2 is 1.90 bits per heavy atom. The van der Waals surface area contributed by atoms with E-state index < -0.39 is 5.82 Å². The molecule has 2 aromatic rings. The monoisotopic (exact) mass is 271 g/mol. The molecule has 1 aromatic heterocycles. The van der Waals surface area contributed by atoms with Gasteiger partial charge >= 0.3 is 0 Å². The summed E-state index contributed by atoms with van der Waals surface area (Å²) in [6.45, 7) is 3.67. The molecule has 0 aliphatic carbocycles. The van der Waals surface area contributed by atoms with E-state index in [1.807, 2.05) is 13.0 Å². The molecule has 0 amide bonds. The Labute approximate surface area is 116 Å². The third kappa shape index (κ3) is 2.67. The molecule has 0 spiro atoms. The molecule has 2 rings (SSSR count). The maximum Gasteiger partial charge on any atom is 0.141 e. The van der Waals surface area contributed by atoms with Gasteiger partial charge in [0.1, 0.15) is 29.3 Å². The number of anilines is 3. The molecule has 0 atom stereocenters. The highest BCUT2D eigenvalue weighted by Crippen LogP contribution is 2.24. The van der Waals surface area contributed by atoms with E-state index in [9.17, 15) is 4.39 Å². The number of benzene rings is 1. The summed E-state index contributed by atoms with van der Waals surface area (Å²) in [7, 11) is 1.78. The lowest BCUT2D eigenvalue weighted by molar-refractivity contribution is 0.624. The first-order valence-corrected chi connectivity index (χ1v) is 6.05. The Balaban J connectivity index is 2.40. The highest BCUT2D eigenvalue weighted by molar-refractivity contribution is 5.65. The van der Waals surface area contributed by atoms with Crippen LogP contribution in [0.4, 0.5) is 21.7 Å². The van der Waals surface area contributed by atoms with Gasteiger partial charge in [-0.1, -0.05) is 0 Å². The summed E-state index contributed by atoms with van der Waals surface area (Å²) in [4.78, 5) is 8.58. The molecule has 5 nitrogen and oxygen atoms in total. The number of hydrogen-bond donors (Lipinski definition) is 2. The molecule has 1 aromatic carbocycles. The predicted molar refractivity (Wildman–Crippen MR) is 75.5 cm³/mol. The van der Waals surface area contributed by atoms with Crippen LogP contribution < -0.4 is 10.6 Å². The van der Waals surface area contributed by atoms with Gasteiger partial charge in [0.05, 0.1) is 5.56 Å². The van der Waals surface area contributed by atoms with Crippen LogP contribution in [0.2, 0.25) is 0 Å². The lowest BCUT2D eigenvalue weighted by Crippen LogP contribution is -2.05. The third-order valence-corrected chi connectivity index (χ3v) is 2.84. The van der Waals surface area contributed by atoms with Crippen molar-refractivity contribution in [1.82, 2.24) is 9.97 Å². The molecular weight excluding hydrogens is 257 g/mol. The fourth-order valence-electron chi connectivity index (χ4n) is 1.82. The van der Waals surface area contributed by atoms with Crippen LogP contribution in [0.25, 0.3) is 0 Å². The largest absolute Gasteiger partial charge is 0.373 e. The van der Waals surface area contributed by atoms with E-state index >= 15 is 0 Å². The van der Waals surface area contributed by atoms with Crippen molar-refractivity contribution in [1.29, 1.82) is 5.26 Å². The van der Waals surface area contributed by atoms with Gasteiger partial charge in [-0.2, -0.15) is 5.26 Å². The number of nitrogens with one attached hydrogen (secondary N) is 2. The van der Waals surface area contributed by atoms with Crippen molar-refractivity contribution in [2.45, 2.75) is 13.8 Å². The molecule has 0 bridgehead atoms. The van der Waals surface area contributed by atoms with Gasteiger partial charge in [-0.3, -0.25) is 0 Å². The number of nitriles is 1. The van der Waals surface area contributed by atoms with E-state index in [2.05, 4.69) is 20.6 Å². The minimum Gasteiger partial charge on any atom is -0.373 e. The summed E-state index contributed by atoms with van der Waals surface area (Å²) in [6, 6.07) is 6.07. The predicted octanol–water partition coefficient (Wildman–Crippen LogP) is 2.89. The summed E-state index contributed by atoms with van der Waals surface area (Å²) in [6.07, 6.45) is 0. The first kappa shape index (κ1) is 13.7. The molecule has 20 heavy (non-hydrogen) atoms. The molecule has 1 heterocycles. The van der Waals surface area contributed by atoms with E-state index in [1.54, 1.807) is 20.0 Å². The molecule has 6 heteroatoms. The molecule has 102 valence electrons. The van der Waals surface area contributed by atoms with Crippen molar-refractivity contribution >= 4 is 17.3 Å². The molecule has 0 radical (unpaired) electrons. The van der Waals surface area contributed by atoms with Gasteiger partial charge in [-0.05, 0) is 32.0 Å². The van der Waals surface area contributed by atoms with Crippen LogP contribution in [0, 0.1) is 31.0 Å². The smallest absolute Gasteiger partial charge is 0.141 e. The zero-order valence-corrected chi connectivity index (χ0v) is 11.5. The lowest BCUT2D eigenvalue weighted by atomic mass is 10.2. The standard InChI is InChI=1S/C14H14FN5/c1-8-13(17-3)18-9(2)19-14(8)20-11-4-5-12(15)10(6-11)7-16/h4-6H,1-3H3,(H2,17,18,19,20). The van der Waals surface area contributed by atoms with Crippen molar-refractivity contribution in [2.24, 2.45) is 0 Å². The number of halogens is 1. The highest BCUT2D eigenvalue weighted by Gasteiger charge is 2.09. The van der Waals surface area contributed by atoms with Gasteiger partial charge < -0.3 is 10.6 Å². The maximum atomic E-state index is 13.3. The van der Waals surface area contributed by atoms with Crippen LogP contribution >= 0.6 is 0 Å². The molecule has 0 fully saturated rings. The average molecular weight is 271 g/mol. The molecule has 0 unspecified atom stereocenters. The van der Waals surface area contributed by atoms with Crippen LogP contribution in [-0.4, -0.2) is 17.0 Å². The van der Waals surface area contributed by atoms with Crippen LogP contribution in [0.15, 0.2) is 18.2 Å². The van der Waals surface area contributed by atoms with Crippen molar-refractivity contribution in [3.8, 4) is 6.07 Å². The molecule has 2 N–H and O–H groups in total. The number of aryl methyl sites for hydroxylation is 1.